The van der Waals surface area contributed by atoms with Crippen molar-refractivity contribution in [3.05, 3.63) is 0 Å². The van der Waals surface area contributed by atoms with E-state index in [0.717, 1.165) is 12.8 Å². The van der Waals surface area contributed by atoms with Crippen LogP contribution in [0.4, 0.5) is 0 Å². The summed E-state index contributed by atoms with van der Waals surface area (Å²) in [7, 11) is 0. The van der Waals surface area contributed by atoms with Crippen molar-refractivity contribution in [1.82, 2.24) is 0 Å². The van der Waals surface area contributed by atoms with E-state index in [-0.39, 0.29) is 21.7 Å². The van der Waals surface area contributed by atoms with E-state index in [2.05, 4.69) is 6.92 Å². The molecule has 3 nitrogen and oxygen atoms in total. The second-order valence-corrected chi connectivity index (χ2v) is 7.14. The molecule has 0 rings (SSSR count). The first-order valence-electron chi connectivity index (χ1n) is 10.4. The first kappa shape index (κ1) is 29.9. The number of carboxylic acids is 1. The average Bonchev–Trinajstić information content (AvgIpc) is 2.50. The van der Waals surface area contributed by atoms with Crippen molar-refractivity contribution in [2.45, 2.75) is 130 Å². The molecule has 0 spiro atoms. The summed E-state index contributed by atoms with van der Waals surface area (Å²) >= 11 is 0. The largest absolute Gasteiger partial charge is 0.481 e. The van der Waals surface area contributed by atoms with Crippen LogP contribution in [0.5, 0.6) is 0 Å². The fourth-order valence-electron chi connectivity index (χ4n) is 2.65. The van der Waals surface area contributed by atoms with Gasteiger partial charge in [0.1, 0.15) is 0 Å². The quantitative estimate of drug-likeness (QED) is 0.224. The van der Waals surface area contributed by atoms with E-state index in [1.807, 2.05) is 0 Å². The van der Waals surface area contributed by atoms with Crippen LogP contribution in [-0.2, 0) is 31.6 Å². The zero-order valence-corrected chi connectivity index (χ0v) is 18.7. The molecule has 0 bridgehead atoms. The fraction of sp³-hybridized carbons (Fsp3) is 0.952. The molecule has 0 atom stereocenters. The van der Waals surface area contributed by atoms with E-state index < -0.39 is 12.1 Å². The Labute approximate surface area is 172 Å². The van der Waals surface area contributed by atoms with Gasteiger partial charge in [-0.15, -0.1) is 0 Å². The van der Waals surface area contributed by atoms with Crippen LogP contribution in [0, 0.1) is 0 Å². The normalized spacial score (nSPS) is 10.1. The summed E-state index contributed by atoms with van der Waals surface area (Å²) < 4.78 is 0. The summed E-state index contributed by atoms with van der Waals surface area (Å²) in [6, 6.07) is 0. The van der Waals surface area contributed by atoms with Gasteiger partial charge in [0.15, 0.2) is 0 Å². The Hall–Kier alpha value is 0.144. The van der Waals surface area contributed by atoms with Gasteiger partial charge in [-0.1, -0.05) is 96.8 Å². The summed E-state index contributed by atoms with van der Waals surface area (Å²) in [5.74, 6) is -0.653. The smallest absolute Gasteiger partial charge is 0.303 e. The van der Waals surface area contributed by atoms with Crippen molar-refractivity contribution in [3.8, 4) is 0 Å². The number of aliphatic carboxylic acids is 1. The summed E-state index contributed by atoms with van der Waals surface area (Å²) in [5, 5.41) is 18.0. The number of hydrogen-bond acceptors (Lipinski definition) is 1. The van der Waals surface area contributed by atoms with Gasteiger partial charge in [-0.25, -0.2) is 5.11 Å². The molecular weight excluding hydrogens is 348 g/mol. The van der Waals surface area contributed by atoms with Gasteiger partial charge in [0.25, 0.3) is 0 Å². The molecule has 0 saturated heterocycles. The Balaban J connectivity index is -0.000000867. The number of carboxylic acid groups (broad SMARTS) is 1. The third kappa shape index (κ3) is 40.3. The zero-order chi connectivity index (χ0) is 18.5. The zero-order valence-electron chi connectivity index (χ0n) is 17.2. The Morgan fingerprint density at radius 3 is 1.16 bits per heavy atom. The monoisotopic (exact) mass is 391 g/mol. The third-order valence-electron chi connectivity index (χ3n) is 3.99. The van der Waals surface area contributed by atoms with Crippen LogP contribution >= 0.6 is 0 Å². The Bertz CT molecular complexity index is 243. The molecule has 0 saturated carbocycles. The molecule has 0 aromatic rings. The molecule has 0 aromatic carbocycles. The SMILES string of the molecule is CC(C)[O].CCCCCCCCCCCCCCCCCC(=O)O.[Ti]. The number of unbranched alkanes of at least 4 members (excludes halogenated alkanes) is 14. The van der Waals surface area contributed by atoms with Gasteiger partial charge in [-0.05, 0) is 20.3 Å². The maximum Gasteiger partial charge on any atom is 0.303 e. The average molecular weight is 391 g/mol. The van der Waals surface area contributed by atoms with Crippen LogP contribution in [0.3, 0.4) is 0 Å². The molecule has 149 valence electrons. The topological polar surface area (TPSA) is 57.2 Å². The van der Waals surface area contributed by atoms with Gasteiger partial charge >= 0.3 is 5.97 Å². The summed E-state index contributed by atoms with van der Waals surface area (Å²) in [5.41, 5.74) is 0. The molecule has 1 radical (unpaired) electrons. The Morgan fingerprint density at radius 2 is 0.920 bits per heavy atom. The molecule has 0 aliphatic rings. The molecule has 0 amide bonds. The number of carbonyl (C=O) groups is 1. The van der Waals surface area contributed by atoms with E-state index in [0.29, 0.717) is 6.42 Å². The second-order valence-electron chi connectivity index (χ2n) is 7.14. The number of hydrogen-bond donors (Lipinski definition) is 1. The first-order chi connectivity index (χ1) is 11.5. The van der Waals surface area contributed by atoms with E-state index in [4.69, 9.17) is 5.11 Å². The van der Waals surface area contributed by atoms with E-state index >= 15 is 0 Å². The van der Waals surface area contributed by atoms with Crippen molar-refractivity contribution in [3.63, 3.8) is 0 Å². The molecular formula is C21H43O3Ti. The Morgan fingerprint density at radius 1 is 0.680 bits per heavy atom. The van der Waals surface area contributed by atoms with Gasteiger partial charge in [0, 0.05) is 28.1 Å². The van der Waals surface area contributed by atoms with E-state index in [1.165, 1.54) is 83.5 Å². The van der Waals surface area contributed by atoms with Crippen LogP contribution in [0.1, 0.15) is 124 Å². The second kappa shape index (κ2) is 26.4. The molecule has 0 fully saturated rings. The van der Waals surface area contributed by atoms with Crippen molar-refractivity contribution >= 4 is 5.97 Å². The minimum atomic E-state index is -0.653. The summed E-state index contributed by atoms with van der Waals surface area (Å²) in [6.45, 7) is 5.49. The van der Waals surface area contributed by atoms with Gasteiger partial charge in [0.05, 0.1) is 6.10 Å². The predicted octanol–water partition coefficient (Wildman–Crippen LogP) is 7.16. The molecule has 25 heavy (non-hydrogen) atoms. The van der Waals surface area contributed by atoms with Crippen LogP contribution in [0.25, 0.3) is 0 Å². The van der Waals surface area contributed by atoms with Crippen molar-refractivity contribution in [2.75, 3.05) is 0 Å². The summed E-state index contributed by atoms with van der Waals surface area (Å²) in [6.07, 6.45) is 19.8. The minimum Gasteiger partial charge on any atom is -0.481 e. The van der Waals surface area contributed by atoms with Gasteiger partial charge in [0.2, 0.25) is 0 Å². The minimum absolute atomic E-state index is 0. The number of rotatable bonds is 16. The molecule has 0 heterocycles. The molecule has 1 N–H and O–H groups in total. The van der Waals surface area contributed by atoms with Crippen LogP contribution < -0.4 is 0 Å². The van der Waals surface area contributed by atoms with Crippen LogP contribution in [0.2, 0.25) is 0 Å². The standard InChI is InChI=1S/C18H36O2.C3H7O.Ti/c1-2-3-4-5-6-7-8-9-10-11-12-13-14-15-16-17-18(19)20;1-3(2)4;/h2-17H2,1H3,(H,19,20);3H,1-2H3;. The fourth-order valence-corrected chi connectivity index (χ4v) is 2.65. The molecule has 0 unspecified atom stereocenters. The predicted molar refractivity (Wildman–Crippen MR) is 103 cm³/mol. The van der Waals surface area contributed by atoms with E-state index in [1.54, 1.807) is 13.8 Å². The molecule has 0 aromatic heterocycles. The maximum atomic E-state index is 10.3. The van der Waals surface area contributed by atoms with Crippen molar-refractivity contribution < 1.29 is 36.7 Å². The Kier molecular flexibility index (Phi) is 31.5. The maximum absolute atomic E-state index is 10.3. The van der Waals surface area contributed by atoms with Gasteiger partial charge in [-0.3, -0.25) is 4.79 Å². The molecule has 4 heteroatoms. The molecule has 0 aliphatic heterocycles. The van der Waals surface area contributed by atoms with Crippen LogP contribution in [0.15, 0.2) is 0 Å². The van der Waals surface area contributed by atoms with Gasteiger partial charge in [-0.2, -0.15) is 0 Å². The van der Waals surface area contributed by atoms with Gasteiger partial charge < -0.3 is 5.11 Å². The van der Waals surface area contributed by atoms with Crippen molar-refractivity contribution in [2.24, 2.45) is 0 Å². The summed E-state index contributed by atoms with van der Waals surface area (Å²) in [4.78, 5) is 10.3. The molecule has 0 aliphatic carbocycles. The van der Waals surface area contributed by atoms with Crippen molar-refractivity contribution in [1.29, 1.82) is 0 Å². The van der Waals surface area contributed by atoms with E-state index in [9.17, 15) is 9.90 Å². The first-order valence-corrected chi connectivity index (χ1v) is 10.4. The van der Waals surface area contributed by atoms with Crippen LogP contribution in [-0.4, -0.2) is 17.2 Å². The third-order valence-corrected chi connectivity index (χ3v) is 3.99.